The lowest BCUT2D eigenvalue weighted by Gasteiger charge is -2.10. The van der Waals surface area contributed by atoms with Crippen LogP contribution in [0, 0.1) is 20.8 Å². The van der Waals surface area contributed by atoms with E-state index >= 15 is 0 Å². The quantitative estimate of drug-likeness (QED) is 0.589. The maximum atomic E-state index is 12.1. The molecule has 0 radical (unpaired) electrons. The lowest BCUT2D eigenvalue weighted by Crippen LogP contribution is -2.12. The Morgan fingerprint density at radius 3 is 2.06 bits per heavy atom. The first-order valence-corrected chi connectivity index (χ1v) is 5.93. The number of para-hydroxylation sites is 1. The molecule has 0 bridgehead atoms. The Kier molecular flexibility index (Phi) is 3.47. The Hall–Kier alpha value is -2.09. The standard InChI is InChI=1S/C16H16O2/c1-11-9-12(2)15(13(3)10-11)16(17)18-14-7-5-4-6-8-14/h4-10H,1-3H3. The maximum Gasteiger partial charge on any atom is 0.344 e. The summed E-state index contributed by atoms with van der Waals surface area (Å²) in [6.45, 7) is 5.88. The molecule has 0 atom stereocenters. The first-order chi connectivity index (χ1) is 8.58. The number of benzene rings is 2. The predicted octanol–water partition coefficient (Wildman–Crippen LogP) is 3.83. The molecule has 0 fully saturated rings. The zero-order valence-corrected chi connectivity index (χ0v) is 10.9. The van der Waals surface area contributed by atoms with Gasteiger partial charge in [0.1, 0.15) is 5.75 Å². The summed E-state index contributed by atoms with van der Waals surface area (Å²) >= 11 is 0. The van der Waals surface area contributed by atoms with E-state index in [0.717, 1.165) is 16.7 Å². The van der Waals surface area contributed by atoms with Gasteiger partial charge in [-0.2, -0.15) is 0 Å². The van der Waals surface area contributed by atoms with E-state index in [1.165, 1.54) is 0 Å². The van der Waals surface area contributed by atoms with Crippen LogP contribution in [0.3, 0.4) is 0 Å². The minimum absolute atomic E-state index is 0.295. The van der Waals surface area contributed by atoms with E-state index in [-0.39, 0.29) is 5.97 Å². The van der Waals surface area contributed by atoms with Crippen LogP contribution in [0.5, 0.6) is 5.75 Å². The zero-order valence-electron chi connectivity index (χ0n) is 10.9. The predicted molar refractivity (Wildman–Crippen MR) is 72.1 cm³/mol. The average molecular weight is 240 g/mol. The molecule has 0 heterocycles. The van der Waals surface area contributed by atoms with Crippen molar-refractivity contribution >= 4 is 5.97 Å². The number of carbonyl (C=O) groups is 1. The van der Waals surface area contributed by atoms with Crippen molar-refractivity contribution in [3.05, 3.63) is 64.7 Å². The van der Waals surface area contributed by atoms with E-state index in [4.69, 9.17) is 4.74 Å². The molecule has 0 aliphatic rings. The summed E-state index contributed by atoms with van der Waals surface area (Å²) in [7, 11) is 0. The van der Waals surface area contributed by atoms with E-state index in [2.05, 4.69) is 0 Å². The van der Waals surface area contributed by atoms with Crippen LogP contribution < -0.4 is 4.74 Å². The second kappa shape index (κ2) is 5.05. The fourth-order valence-electron chi connectivity index (χ4n) is 2.15. The van der Waals surface area contributed by atoms with Gasteiger partial charge in [0, 0.05) is 0 Å². The first-order valence-electron chi connectivity index (χ1n) is 5.93. The summed E-state index contributed by atoms with van der Waals surface area (Å²) in [6.07, 6.45) is 0. The largest absolute Gasteiger partial charge is 0.423 e. The molecule has 2 rings (SSSR count). The molecule has 0 aromatic heterocycles. The van der Waals surface area contributed by atoms with Gasteiger partial charge in [-0.15, -0.1) is 0 Å². The van der Waals surface area contributed by atoms with Gasteiger partial charge in [-0.3, -0.25) is 0 Å². The number of aryl methyl sites for hydroxylation is 3. The molecule has 0 amide bonds. The van der Waals surface area contributed by atoms with Gasteiger partial charge in [0.2, 0.25) is 0 Å². The van der Waals surface area contributed by atoms with Crippen molar-refractivity contribution in [2.75, 3.05) is 0 Å². The van der Waals surface area contributed by atoms with Crippen LogP contribution in [-0.2, 0) is 0 Å². The highest BCUT2D eigenvalue weighted by molar-refractivity contribution is 5.94. The third-order valence-electron chi connectivity index (χ3n) is 2.83. The van der Waals surface area contributed by atoms with E-state index < -0.39 is 0 Å². The summed E-state index contributed by atoms with van der Waals surface area (Å²) in [6, 6.07) is 13.1. The van der Waals surface area contributed by atoms with Crippen molar-refractivity contribution in [1.82, 2.24) is 0 Å². The van der Waals surface area contributed by atoms with Gasteiger partial charge < -0.3 is 4.74 Å². The van der Waals surface area contributed by atoms with Crippen LogP contribution in [0.15, 0.2) is 42.5 Å². The molecule has 0 saturated carbocycles. The van der Waals surface area contributed by atoms with Gasteiger partial charge in [0.25, 0.3) is 0 Å². The second-order valence-electron chi connectivity index (χ2n) is 4.48. The van der Waals surface area contributed by atoms with Crippen molar-refractivity contribution in [2.45, 2.75) is 20.8 Å². The molecule has 2 aromatic carbocycles. The lowest BCUT2D eigenvalue weighted by atomic mass is 10.00. The number of carbonyl (C=O) groups excluding carboxylic acids is 1. The molecular weight excluding hydrogens is 224 g/mol. The Balaban J connectivity index is 2.30. The smallest absolute Gasteiger partial charge is 0.344 e. The fraction of sp³-hybridized carbons (Fsp3) is 0.188. The maximum absolute atomic E-state index is 12.1. The molecule has 0 spiro atoms. The van der Waals surface area contributed by atoms with Crippen molar-refractivity contribution in [3.63, 3.8) is 0 Å². The number of hydrogen-bond donors (Lipinski definition) is 0. The molecule has 0 saturated heterocycles. The summed E-state index contributed by atoms with van der Waals surface area (Å²) in [5.74, 6) is 0.276. The first kappa shape index (κ1) is 12.4. The number of ether oxygens (including phenoxy) is 1. The van der Waals surface area contributed by atoms with Gasteiger partial charge in [0.15, 0.2) is 0 Å². The van der Waals surface area contributed by atoms with E-state index in [1.54, 1.807) is 12.1 Å². The van der Waals surface area contributed by atoms with Gasteiger partial charge in [-0.25, -0.2) is 4.79 Å². The second-order valence-corrected chi connectivity index (χ2v) is 4.48. The topological polar surface area (TPSA) is 26.3 Å². The molecule has 18 heavy (non-hydrogen) atoms. The van der Waals surface area contributed by atoms with Gasteiger partial charge >= 0.3 is 5.97 Å². The summed E-state index contributed by atoms with van der Waals surface area (Å²) in [5.41, 5.74) is 3.72. The van der Waals surface area contributed by atoms with Crippen LogP contribution in [0.25, 0.3) is 0 Å². The van der Waals surface area contributed by atoms with E-state index in [9.17, 15) is 4.79 Å². The highest BCUT2D eigenvalue weighted by Crippen LogP contribution is 2.19. The highest BCUT2D eigenvalue weighted by atomic mass is 16.5. The van der Waals surface area contributed by atoms with E-state index in [0.29, 0.717) is 11.3 Å². The van der Waals surface area contributed by atoms with Crippen molar-refractivity contribution < 1.29 is 9.53 Å². The number of rotatable bonds is 2. The number of esters is 1. The lowest BCUT2D eigenvalue weighted by molar-refractivity contribution is 0.0733. The molecule has 92 valence electrons. The van der Waals surface area contributed by atoms with Crippen LogP contribution >= 0.6 is 0 Å². The van der Waals surface area contributed by atoms with Crippen LogP contribution in [0.1, 0.15) is 27.0 Å². The van der Waals surface area contributed by atoms with Crippen LogP contribution in [0.2, 0.25) is 0 Å². The summed E-state index contributed by atoms with van der Waals surface area (Å²) in [4.78, 5) is 12.1. The Bertz CT molecular complexity index is 548. The van der Waals surface area contributed by atoms with E-state index in [1.807, 2.05) is 51.1 Å². The third-order valence-corrected chi connectivity index (χ3v) is 2.83. The molecule has 2 nitrogen and oxygen atoms in total. The minimum atomic E-state index is -0.295. The van der Waals surface area contributed by atoms with Crippen LogP contribution in [0.4, 0.5) is 0 Å². The van der Waals surface area contributed by atoms with Gasteiger partial charge in [-0.1, -0.05) is 35.9 Å². The average Bonchev–Trinajstić information content (AvgIpc) is 2.28. The summed E-state index contributed by atoms with van der Waals surface area (Å²) < 4.78 is 5.36. The van der Waals surface area contributed by atoms with Gasteiger partial charge in [0.05, 0.1) is 5.56 Å². The van der Waals surface area contributed by atoms with Crippen LogP contribution in [-0.4, -0.2) is 5.97 Å². The highest BCUT2D eigenvalue weighted by Gasteiger charge is 2.14. The monoisotopic (exact) mass is 240 g/mol. The molecule has 0 unspecified atom stereocenters. The molecule has 2 heteroatoms. The Morgan fingerprint density at radius 1 is 0.944 bits per heavy atom. The fourth-order valence-corrected chi connectivity index (χ4v) is 2.15. The van der Waals surface area contributed by atoms with Gasteiger partial charge in [-0.05, 0) is 44.0 Å². The van der Waals surface area contributed by atoms with Crippen molar-refractivity contribution in [3.8, 4) is 5.75 Å². The number of hydrogen-bond acceptors (Lipinski definition) is 2. The third kappa shape index (κ3) is 2.59. The molecule has 0 aliphatic carbocycles. The molecule has 2 aromatic rings. The zero-order chi connectivity index (χ0) is 13.1. The van der Waals surface area contributed by atoms with Crippen molar-refractivity contribution in [2.24, 2.45) is 0 Å². The Morgan fingerprint density at radius 2 is 1.50 bits per heavy atom. The van der Waals surface area contributed by atoms with Crippen molar-refractivity contribution in [1.29, 1.82) is 0 Å². The molecule has 0 N–H and O–H groups in total. The normalized spacial score (nSPS) is 10.2. The SMILES string of the molecule is Cc1cc(C)c(C(=O)Oc2ccccc2)c(C)c1. The molecular formula is C16H16O2. The summed E-state index contributed by atoms with van der Waals surface area (Å²) in [5, 5.41) is 0. The Labute approximate surface area is 107 Å². The molecule has 0 aliphatic heterocycles. The minimum Gasteiger partial charge on any atom is -0.423 e.